The van der Waals surface area contributed by atoms with Gasteiger partial charge in [0.05, 0.1) is 58.3 Å². The summed E-state index contributed by atoms with van der Waals surface area (Å²) in [7, 11) is 0. The van der Waals surface area contributed by atoms with Crippen LogP contribution in [0.2, 0.25) is 0 Å². The van der Waals surface area contributed by atoms with Crippen LogP contribution in [-0.4, -0.2) is 145 Å². The van der Waals surface area contributed by atoms with Crippen LogP contribution in [-0.2, 0) is 61.6 Å². The summed E-state index contributed by atoms with van der Waals surface area (Å²) < 4.78 is 80.8. The molecule has 3 saturated heterocycles. The van der Waals surface area contributed by atoms with Crippen molar-refractivity contribution >= 4 is 82.5 Å². The molecular weight excluding hydrogens is 1310 g/mol. The largest absolute Gasteiger partial charge is 0.453 e. The fraction of sp³-hybridized carbons (Fsp3) is 0.306. The molecule has 24 heteroatoms. The molecule has 500 valence electrons. The Balaban J connectivity index is 1.10. The fourth-order valence-corrected chi connectivity index (χ4v) is 11.1. The molecule has 21 nitrogen and oxygen atoms in total. The SMILES string of the molecule is CC[C@H]1O[C@@H](OC[C@H]2O[C@@H](OC[C@H]3OC(OC(=N)C(Cl)(Cl)Cl)[C@H](OC(=O)c4ccccc4)[C@@H](OC(=O)c4ccccc4)[C@@H]3OC(=O)c3ccccc3)[C@H](OC(=O)c3ccccc3)[C@@H](OC(=O)c3ccccc3)[C@@H]2OC(=O)c2ccccc2)[C@H](OC(=O)c2ccccc2)[C@@H](C)[C@@H]1C. The first-order chi connectivity index (χ1) is 46.3. The Bertz CT molecular complexity index is 3770. The highest BCUT2D eigenvalue weighted by Crippen LogP contribution is 2.39. The van der Waals surface area contributed by atoms with Gasteiger partial charge in [0, 0.05) is 5.92 Å². The van der Waals surface area contributed by atoms with Crippen molar-refractivity contribution in [3.63, 3.8) is 0 Å². The van der Waals surface area contributed by atoms with Crippen LogP contribution in [0.25, 0.3) is 0 Å². The van der Waals surface area contributed by atoms with Crippen molar-refractivity contribution < 1.29 is 95.1 Å². The van der Waals surface area contributed by atoms with Crippen molar-refractivity contribution in [2.75, 3.05) is 13.2 Å². The number of carbonyl (C=O) groups is 7. The van der Waals surface area contributed by atoms with Gasteiger partial charge >= 0.3 is 41.8 Å². The number of hydrogen-bond donors (Lipinski definition) is 1. The molecule has 0 amide bonds. The molecule has 0 aliphatic carbocycles. The van der Waals surface area contributed by atoms with E-state index in [1.165, 1.54) is 72.8 Å². The van der Waals surface area contributed by atoms with E-state index in [2.05, 4.69) is 0 Å². The van der Waals surface area contributed by atoms with Gasteiger partial charge in [0.2, 0.25) is 18.3 Å². The number of alkyl halides is 3. The number of halogens is 3. The number of nitrogens with one attached hydrogen (secondary N) is 1. The zero-order valence-corrected chi connectivity index (χ0v) is 54.1. The Labute approximate surface area is 567 Å². The second kappa shape index (κ2) is 32.6. The average molecular weight is 1370 g/mol. The minimum atomic E-state index is -2.61. The van der Waals surface area contributed by atoms with E-state index in [1.54, 1.807) is 140 Å². The summed E-state index contributed by atoms with van der Waals surface area (Å²) in [6.45, 7) is 4.23. The molecule has 0 bridgehead atoms. The van der Waals surface area contributed by atoms with Crippen molar-refractivity contribution in [3.8, 4) is 0 Å². The van der Waals surface area contributed by atoms with E-state index in [-0.39, 0.29) is 50.8 Å². The lowest BCUT2D eigenvalue weighted by molar-refractivity contribution is -0.332. The van der Waals surface area contributed by atoms with E-state index in [0.717, 1.165) is 0 Å². The molecule has 3 fully saturated rings. The smallest absolute Gasteiger partial charge is 0.338 e. The lowest BCUT2D eigenvalue weighted by Gasteiger charge is -2.47. The van der Waals surface area contributed by atoms with E-state index in [9.17, 15) is 33.6 Å². The molecular formula is C72H66Cl3NO20. The Hall–Kier alpha value is -9.03. The van der Waals surface area contributed by atoms with Crippen LogP contribution in [0.5, 0.6) is 0 Å². The molecule has 0 aromatic heterocycles. The fourth-order valence-electron chi connectivity index (χ4n) is 11.0. The highest BCUT2D eigenvalue weighted by molar-refractivity contribution is 6.76. The third-order valence-electron chi connectivity index (χ3n) is 16.2. The van der Waals surface area contributed by atoms with Crippen LogP contribution in [0.4, 0.5) is 0 Å². The molecule has 3 aliphatic heterocycles. The van der Waals surface area contributed by atoms with Gasteiger partial charge in [-0.05, 0) is 97.3 Å². The zero-order valence-electron chi connectivity index (χ0n) is 51.8. The van der Waals surface area contributed by atoms with Gasteiger partial charge in [-0.3, -0.25) is 5.41 Å². The predicted octanol–water partition coefficient (Wildman–Crippen LogP) is 11.8. The minimum absolute atomic E-state index is 0.00619. The summed E-state index contributed by atoms with van der Waals surface area (Å²) in [4.78, 5) is 101. The number of hydrogen-bond acceptors (Lipinski definition) is 21. The van der Waals surface area contributed by atoms with Crippen LogP contribution in [0.1, 0.15) is 99.7 Å². The maximum atomic E-state index is 14.7. The highest BCUT2D eigenvalue weighted by atomic mass is 35.6. The van der Waals surface area contributed by atoms with Crippen molar-refractivity contribution in [2.24, 2.45) is 11.8 Å². The van der Waals surface area contributed by atoms with Gasteiger partial charge in [0.1, 0.15) is 12.2 Å². The molecule has 1 N–H and O–H groups in total. The molecule has 0 saturated carbocycles. The molecule has 15 atom stereocenters. The lowest BCUT2D eigenvalue weighted by atomic mass is 9.82. The van der Waals surface area contributed by atoms with Gasteiger partial charge < -0.3 is 61.6 Å². The van der Waals surface area contributed by atoms with Gasteiger partial charge in [-0.25, -0.2) is 33.6 Å². The number of esters is 7. The summed E-state index contributed by atoms with van der Waals surface area (Å²) in [5.41, 5.74) is 0.233. The van der Waals surface area contributed by atoms with Crippen LogP contribution < -0.4 is 0 Å². The Morgan fingerprint density at radius 2 is 0.573 bits per heavy atom. The maximum absolute atomic E-state index is 14.7. The Morgan fingerprint density at radius 3 is 0.865 bits per heavy atom. The van der Waals surface area contributed by atoms with E-state index in [4.69, 9.17) is 102 Å². The molecule has 3 heterocycles. The summed E-state index contributed by atoms with van der Waals surface area (Å²) in [5.74, 6) is -8.40. The number of rotatable bonds is 22. The second-order valence-electron chi connectivity index (χ2n) is 22.5. The van der Waals surface area contributed by atoms with Gasteiger partial charge in [-0.1, -0.05) is 183 Å². The van der Waals surface area contributed by atoms with Crippen LogP contribution in [0.15, 0.2) is 212 Å². The summed E-state index contributed by atoms with van der Waals surface area (Å²) in [5, 5.41) is 8.79. The van der Waals surface area contributed by atoms with Gasteiger partial charge in [-0.15, -0.1) is 0 Å². The number of benzene rings is 7. The van der Waals surface area contributed by atoms with Crippen molar-refractivity contribution in [3.05, 3.63) is 251 Å². The van der Waals surface area contributed by atoms with Crippen molar-refractivity contribution in [2.45, 2.75) is 111 Å². The molecule has 96 heavy (non-hydrogen) atoms. The quantitative estimate of drug-likeness (QED) is 0.0217. The topological polar surface area (TPSA) is 263 Å². The van der Waals surface area contributed by atoms with Crippen molar-refractivity contribution in [1.82, 2.24) is 0 Å². The molecule has 10 rings (SSSR count). The van der Waals surface area contributed by atoms with Crippen LogP contribution >= 0.6 is 34.8 Å². The first kappa shape index (κ1) is 69.8. The van der Waals surface area contributed by atoms with E-state index in [1.807, 2.05) is 20.8 Å². The molecule has 7 aromatic rings. The number of ether oxygens (including phenoxy) is 13. The van der Waals surface area contributed by atoms with E-state index in [0.29, 0.717) is 6.42 Å². The molecule has 1 unspecified atom stereocenters. The normalized spacial score (nSPS) is 25.5. The van der Waals surface area contributed by atoms with Crippen LogP contribution in [0, 0.1) is 17.2 Å². The predicted molar refractivity (Wildman–Crippen MR) is 345 cm³/mol. The van der Waals surface area contributed by atoms with Gasteiger partial charge in [0.15, 0.2) is 49.2 Å². The Kier molecular flexibility index (Phi) is 23.7. The lowest BCUT2D eigenvalue weighted by Crippen LogP contribution is -2.65. The second-order valence-corrected chi connectivity index (χ2v) is 24.8. The maximum Gasteiger partial charge on any atom is 0.338 e. The molecule has 0 spiro atoms. The highest BCUT2D eigenvalue weighted by Gasteiger charge is 2.58. The zero-order chi connectivity index (χ0) is 67.9. The third kappa shape index (κ3) is 17.5. The standard InChI is InChI=1S/C72H66Cl3NO20/c1-4-51-42(2)43(3)54(89-61(77)44-26-12-5-13-27-44)68(86-51)84-40-52-55(90-62(78)45-28-14-6-15-29-45)57(92-64(80)47-32-18-8-19-33-47)59(94-66(82)49-36-22-10-23-37-49)69(87-52)85-41-53-56(91-63(79)46-30-16-7-17-31-46)58(93-65(81)48-34-20-9-21-35-48)60(70(88-53)96-71(76)72(73,74)75)95-67(83)50-38-24-11-25-39-50/h5-39,42-43,51-60,68-70,76H,4,40-41H2,1-3H3/t42-,43-,51+,52+,53+,54+,55+,56+,57-,58-,59+,60+,68+,69+,70?/m0/s1. The van der Waals surface area contributed by atoms with Gasteiger partial charge in [-0.2, -0.15) is 0 Å². The monoisotopic (exact) mass is 1370 g/mol. The first-order valence-corrected chi connectivity index (χ1v) is 31.8. The first-order valence-electron chi connectivity index (χ1n) is 30.7. The van der Waals surface area contributed by atoms with E-state index >= 15 is 0 Å². The summed E-state index contributed by atoms with van der Waals surface area (Å²) in [6.07, 6.45) is -21.4. The summed E-state index contributed by atoms with van der Waals surface area (Å²) >= 11 is 18.7. The Morgan fingerprint density at radius 1 is 0.333 bits per heavy atom. The molecule has 7 aromatic carbocycles. The number of carbonyl (C=O) groups excluding carboxylic acids is 7. The van der Waals surface area contributed by atoms with Crippen LogP contribution in [0.3, 0.4) is 0 Å². The third-order valence-corrected chi connectivity index (χ3v) is 16.7. The van der Waals surface area contributed by atoms with E-state index < -0.39 is 145 Å². The molecule has 0 radical (unpaired) electrons. The van der Waals surface area contributed by atoms with Gasteiger partial charge in [0.25, 0.3) is 3.79 Å². The average Bonchev–Trinajstić information content (AvgIpc) is 0.779. The van der Waals surface area contributed by atoms with Crippen molar-refractivity contribution in [1.29, 1.82) is 5.41 Å². The minimum Gasteiger partial charge on any atom is -0.453 e. The summed E-state index contributed by atoms with van der Waals surface area (Å²) in [6, 6.07) is 54.4. The molecule has 3 aliphatic rings.